The Labute approximate surface area is 173 Å². The van der Waals surface area contributed by atoms with Gasteiger partial charge in [-0.05, 0) is 49.9 Å². The predicted molar refractivity (Wildman–Crippen MR) is 118 cm³/mol. The lowest BCUT2D eigenvalue weighted by atomic mass is 10.2. The molecule has 0 N–H and O–H groups in total. The molecule has 7 heteroatoms. The largest absolute Gasteiger partial charge is 0.497 e. The van der Waals surface area contributed by atoms with Crippen LogP contribution in [0.25, 0.3) is 0 Å². The molecule has 0 radical (unpaired) electrons. The number of nitrogens with zero attached hydrogens (tertiary/aromatic N) is 3. The number of fused-ring (bicyclic) bond motifs is 1. The van der Waals surface area contributed by atoms with Crippen molar-refractivity contribution in [1.29, 1.82) is 0 Å². The Morgan fingerprint density at radius 1 is 1.11 bits per heavy atom. The zero-order chi connectivity index (χ0) is 19.8. The molecule has 5 nitrogen and oxygen atoms in total. The van der Waals surface area contributed by atoms with Gasteiger partial charge in [0.2, 0.25) is 0 Å². The summed E-state index contributed by atoms with van der Waals surface area (Å²) in [5.74, 6) is 0.812. The molecule has 2 aliphatic rings. The molecule has 2 aliphatic heterocycles. The Morgan fingerprint density at radius 3 is 2.54 bits per heavy atom. The van der Waals surface area contributed by atoms with E-state index in [-0.39, 0.29) is 5.91 Å². The van der Waals surface area contributed by atoms with Crippen LogP contribution in [0.4, 0.5) is 11.4 Å². The van der Waals surface area contributed by atoms with Crippen LogP contribution in [-0.4, -0.2) is 36.7 Å². The Balaban J connectivity index is 1.71. The average Bonchev–Trinajstić information content (AvgIpc) is 3.19. The maximum Gasteiger partial charge on any atom is 0.269 e. The second-order valence-electron chi connectivity index (χ2n) is 6.51. The van der Waals surface area contributed by atoms with Gasteiger partial charge in [-0.25, -0.2) is 4.99 Å². The summed E-state index contributed by atoms with van der Waals surface area (Å²) in [7, 11) is 3.65. The molecule has 4 rings (SSSR count). The lowest BCUT2D eigenvalue weighted by molar-refractivity contribution is -0.122. The molecule has 1 amide bonds. The third-order valence-corrected chi connectivity index (χ3v) is 7.10. The van der Waals surface area contributed by atoms with Gasteiger partial charge in [0, 0.05) is 24.6 Å². The van der Waals surface area contributed by atoms with E-state index in [4.69, 9.17) is 9.73 Å². The molecule has 2 aromatic rings. The van der Waals surface area contributed by atoms with Gasteiger partial charge in [0.15, 0.2) is 5.17 Å². The number of hydrogen-bond donors (Lipinski definition) is 0. The van der Waals surface area contributed by atoms with Gasteiger partial charge in [-0.1, -0.05) is 29.5 Å². The summed E-state index contributed by atoms with van der Waals surface area (Å²) < 4.78 is 5.34. The number of carbonyl (C=O) groups excluding carboxylic acids is 1. The number of aryl methyl sites for hydroxylation is 1. The summed E-state index contributed by atoms with van der Waals surface area (Å²) in [5, 5.41) is 1.66. The summed E-state index contributed by atoms with van der Waals surface area (Å²) in [6.45, 7) is 4.61. The average molecular weight is 412 g/mol. The van der Waals surface area contributed by atoms with Crippen LogP contribution in [0, 0.1) is 6.92 Å². The summed E-state index contributed by atoms with van der Waals surface area (Å²) in [6.07, 6.45) is 0. The molecule has 1 saturated heterocycles. The molecule has 0 bridgehead atoms. The number of anilines is 1. The number of rotatable bonds is 3. The first-order valence-electron chi connectivity index (χ1n) is 9.00. The van der Waals surface area contributed by atoms with Gasteiger partial charge in [0.1, 0.15) is 10.7 Å². The fraction of sp³-hybridized carbons (Fsp3) is 0.238. The van der Waals surface area contributed by atoms with Gasteiger partial charge in [-0.3, -0.25) is 9.69 Å². The molecule has 28 heavy (non-hydrogen) atoms. The van der Waals surface area contributed by atoms with Gasteiger partial charge in [-0.2, -0.15) is 0 Å². The number of hydrogen-bond acceptors (Lipinski definition) is 6. The maximum atomic E-state index is 13.1. The first kappa shape index (κ1) is 19.0. The summed E-state index contributed by atoms with van der Waals surface area (Å²) >= 11 is 3.06. The number of methoxy groups -OCH3 is 1. The number of carbonyl (C=O) groups is 1. The summed E-state index contributed by atoms with van der Waals surface area (Å²) in [6, 6.07) is 14.0. The fourth-order valence-corrected chi connectivity index (χ4v) is 5.47. The van der Waals surface area contributed by atoms with Crippen molar-refractivity contribution >= 4 is 46.0 Å². The summed E-state index contributed by atoms with van der Waals surface area (Å²) in [4.78, 5) is 23.5. The Morgan fingerprint density at radius 2 is 1.86 bits per heavy atom. The van der Waals surface area contributed by atoms with E-state index < -0.39 is 0 Å². The van der Waals surface area contributed by atoms with Crippen LogP contribution in [0.3, 0.4) is 0 Å². The van der Waals surface area contributed by atoms with E-state index in [1.54, 1.807) is 23.8 Å². The first-order chi connectivity index (χ1) is 13.5. The highest BCUT2D eigenvalue weighted by molar-refractivity contribution is 8.19. The Hall–Kier alpha value is -2.38. The van der Waals surface area contributed by atoms with Crippen molar-refractivity contribution in [2.24, 2.45) is 4.99 Å². The van der Waals surface area contributed by atoms with E-state index >= 15 is 0 Å². The first-order valence-corrected chi connectivity index (χ1v) is 10.6. The quantitative estimate of drug-likeness (QED) is 0.665. The highest BCUT2D eigenvalue weighted by atomic mass is 32.2. The summed E-state index contributed by atoms with van der Waals surface area (Å²) in [5.41, 5.74) is 3.09. The molecule has 0 atom stereocenters. The Bertz CT molecular complexity index is 999. The zero-order valence-electron chi connectivity index (χ0n) is 16.2. The van der Waals surface area contributed by atoms with Crippen molar-refractivity contribution in [2.75, 3.05) is 25.6 Å². The molecule has 0 aromatic heterocycles. The van der Waals surface area contributed by atoms with Crippen molar-refractivity contribution in [3.63, 3.8) is 0 Å². The minimum absolute atomic E-state index is 0.00693. The monoisotopic (exact) mass is 411 g/mol. The van der Waals surface area contributed by atoms with Gasteiger partial charge in [0.05, 0.1) is 23.5 Å². The number of aliphatic imine (C=N–C) groups is 1. The van der Waals surface area contributed by atoms with E-state index in [1.165, 1.54) is 17.3 Å². The van der Waals surface area contributed by atoms with Crippen molar-refractivity contribution in [2.45, 2.75) is 18.7 Å². The zero-order valence-corrected chi connectivity index (χ0v) is 17.9. The van der Waals surface area contributed by atoms with Gasteiger partial charge in [-0.15, -0.1) is 0 Å². The minimum Gasteiger partial charge on any atom is -0.497 e. The van der Waals surface area contributed by atoms with Gasteiger partial charge in [0.25, 0.3) is 5.91 Å². The normalized spacial score (nSPS) is 20.3. The molecule has 0 saturated carbocycles. The van der Waals surface area contributed by atoms with Crippen LogP contribution in [0.2, 0.25) is 0 Å². The number of amides is 1. The number of ether oxygens (including phenoxy) is 1. The van der Waals surface area contributed by atoms with E-state index in [0.717, 1.165) is 37.1 Å². The van der Waals surface area contributed by atoms with Crippen molar-refractivity contribution in [3.05, 3.63) is 58.0 Å². The molecule has 1 fully saturated rings. The predicted octanol–water partition coefficient (Wildman–Crippen LogP) is 5.00. The lowest BCUT2D eigenvalue weighted by Crippen LogP contribution is -2.29. The minimum atomic E-state index is 0.00693. The van der Waals surface area contributed by atoms with Crippen LogP contribution >= 0.6 is 23.5 Å². The van der Waals surface area contributed by atoms with Crippen LogP contribution < -0.4 is 9.64 Å². The Kier molecular flexibility index (Phi) is 5.12. The molecule has 2 heterocycles. The smallest absolute Gasteiger partial charge is 0.269 e. The highest BCUT2D eigenvalue weighted by Gasteiger charge is 2.38. The van der Waals surface area contributed by atoms with Gasteiger partial charge >= 0.3 is 0 Å². The highest BCUT2D eigenvalue weighted by Crippen LogP contribution is 2.50. The molecule has 0 spiro atoms. The molecule has 0 unspecified atom stereocenters. The maximum absolute atomic E-state index is 13.1. The lowest BCUT2D eigenvalue weighted by Gasteiger charge is -2.15. The molecular weight excluding hydrogens is 390 g/mol. The van der Waals surface area contributed by atoms with Crippen LogP contribution in [0.5, 0.6) is 5.75 Å². The van der Waals surface area contributed by atoms with Crippen molar-refractivity contribution in [3.8, 4) is 5.75 Å². The molecule has 144 valence electrons. The molecular formula is C21H21N3O2S2. The van der Waals surface area contributed by atoms with Crippen molar-refractivity contribution in [1.82, 2.24) is 4.90 Å². The topological polar surface area (TPSA) is 45.1 Å². The third-order valence-electron chi connectivity index (χ3n) is 4.67. The van der Waals surface area contributed by atoms with E-state index in [1.807, 2.05) is 63.4 Å². The van der Waals surface area contributed by atoms with Crippen LogP contribution in [0.15, 0.2) is 62.3 Å². The fourth-order valence-electron chi connectivity index (χ4n) is 3.08. The SMILES string of the molecule is CCN1C(=O)/C(=C2\Sc3ccc(OC)cc3N2C)SC1=Nc1ccc(C)cc1. The van der Waals surface area contributed by atoms with Crippen LogP contribution in [0.1, 0.15) is 12.5 Å². The second-order valence-corrected chi connectivity index (χ2v) is 8.52. The van der Waals surface area contributed by atoms with Crippen molar-refractivity contribution < 1.29 is 9.53 Å². The standard InChI is InChI=1S/C21H21N3O2S2/c1-5-24-19(25)18(28-21(24)22-14-8-6-13(2)7-9-14)20-23(3)16-12-15(26-4)10-11-17(16)27-20/h6-12H,5H2,1-4H3/b20-18+,22-21?. The van der Waals surface area contributed by atoms with Gasteiger partial charge < -0.3 is 9.64 Å². The van der Waals surface area contributed by atoms with E-state index in [9.17, 15) is 4.79 Å². The van der Waals surface area contributed by atoms with Crippen LogP contribution in [-0.2, 0) is 4.79 Å². The molecule has 0 aliphatic carbocycles. The van der Waals surface area contributed by atoms with E-state index in [0.29, 0.717) is 6.54 Å². The number of likely N-dealkylation sites (N-methyl/N-ethyl adjacent to an activating group) is 1. The number of amidine groups is 1. The van der Waals surface area contributed by atoms with E-state index in [2.05, 4.69) is 4.90 Å². The third kappa shape index (κ3) is 3.29. The number of thioether (sulfide) groups is 2. The molecule has 2 aromatic carbocycles. The number of benzene rings is 2. The second kappa shape index (κ2) is 7.56.